The lowest BCUT2D eigenvalue weighted by Crippen LogP contribution is -2.26. The van der Waals surface area contributed by atoms with Crippen molar-refractivity contribution in [3.05, 3.63) is 10.9 Å². The van der Waals surface area contributed by atoms with Gasteiger partial charge in [-0.25, -0.2) is 10.8 Å². The summed E-state index contributed by atoms with van der Waals surface area (Å²) in [5, 5.41) is 6.97. The fraction of sp³-hybridized carbons (Fsp3) is 0.462. The number of amides is 1. The zero-order chi connectivity index (χ0) is 15.2. The van der Waals surface area contributed by atoms with E-state index in [0.29, 0.717) is 31.3 Å². The average molecular weight is 308 g/mol. The number of carbonyl (C=O) groups is 1. The van der Waals surface area contributed by atoms with Crippen LogP contribution in [0.25, 0.3) is 10.2 Å². The molecule has 0 saturated carbocycles. The fourth-order valence-corrected chi connectivity index (χ4v) is 2.77. The van der Waals surface area contributed by atoms with Crippen LogP contribution >= 0.6 is 11.3 Å². The molecule has 5 N–H and O–H groups in total. The Morgan fingerprint density at radius 3 is 2.90 bits per heavy atom. The van der Waals surface area contributed by atoms with Crippen LogP contribution in [0.5, 0.6) is 0 Å². The Bertz CT molecular complexity index is 626. The van der Waals surface area contributed by atoms with Gasteiger partial charge < -0.3 is 10.6 Å². The zero-order valence-corrected chi connectivity index (χ0v) is 13.0. The van der Waals surface area contributed by atoms with Gasteiger partial charge in [-0.1, -0.05) is 6.92 Å². The van der Waals surface area contributed by atoms with Crippen LogP contribution in [0.3, 0.4) is 0 Å². The number of aryl methyl sites for hydroxylation is 1. The number of nitrogen functional groups attached to an aromatic ring is 1. The van der Waals surface area contributed by atoms with Gasteiger partial charge >= 0.3 is 0 Å². The van der Waals surface area contributed by atoms with Crippen molar-refractivity contribution in [2.45, 2.75) is 26.7 Å². The minimum atomic E-state index is 0.0355. The molecule has 0 aliphatic rings. The maximum atomic E-state index is 11.6. The van der Waals surface area contributed by atoms with Gasteiger partial charge in [-0.3, -0.25) is 10.2 Å². The van der Waals surface area contributed by atoms with Crippen molar-refractivity contribution < 1.29 is 4.79 Å². The third-order valence-corrected chi connectivity index (χ3v) is 3.81. The average Bonchev–Trinajstić information content (AvgIpc) is 2.85. The van der Waals surface area contributed by atoms with Crippen molar-refractivity contribution in [2.75, 3.05) is 23.8 Å². The molecule has 0 aliphatic carbocycles. The maximum Gasteiger partial charge on any atom is 0.240 e. The number of nitrogens with zero attached hydrogens (tertiary/aromatic N) is 2. The molecule has 2 rings (SSSR count). The molecule has 1 amide bonds. The third-order valence-electron chi connectivity index (χ3n) is 2.86. The first-order valence-corrected chi connectivity index (χ1v) is 7.71. The van der Waals surface area contributed by atoms with E-state index in [1.54, 1.807) is 11.3 Å². The number of hydrogen-bond donors (Lipinski definition) is 4. The lowest BCUT2D eigenvalue weighted by molar-refractivity contribution is -0.120. The van der Waals surface area contributed by atoms with E-state index in [0.717, 1.165) is 21.5 Å². The summed E-state index contributed by atoms with van der Waals surface area (Å²) < 4.78 is 0. The van der Waals surface area contributed by atoms with Gasteiger partial charge in [0.2, 0.25) is 11.9 Å². The molecular formula is C13H20N6OS. The summed E-state index contributed by atoms with van der Waals surface area (Å²) in [6.07, 6.45) is 1.34. The number of carbonyl (C=O) groups excluding carboxylic acids is 1. The van der Waals surface area contributed by atoms with E-state index in [9.17, 15) is 4.79 Å². The molecule has 2 heterocycles. The molecule has 2 aromatic rings. The Morgan fingerprint density at radius 2 is 2.19 bits per heavy atom. The number of hydrogen-bond acceptors (Lipinski definition) is 7. The van der Waals surface area contributed by atoms with Gasteiger partial charge in [0, 0.05) is 24.4 Å². The molecule has 7 nitrogen and oxygen atoms in total. The van der Waals surface area contributed by atoms with Crippen molar-refractivity contribution in [2.24, 2.45) is 5.84 Å². The molecule has 0 aliphatic heterocycles. The predicted octanol–water partition coefficient (Wildman–Crippen LogP) is 1.61. The Balaban J connectivity index is 2.05. The normalized spacial score (nSPS) is 10.6. The van der Waals surface area contributed by atoms with Gasteiger partial charge in [-0.05, 0) is 19.4 Å². The van der Waals surface area contributed by atoms with E-state index in [4.69, 9.17) is 5.84 Å². The second-order valence-electron chi connectivity index (χ2n) is 4.64. The quantitative estimate of drug-likeness (QED) is 0.457. The second-order valence-corrected chi connectivity index (χ2v) is 5.88. The molecule has 0 aromatic carbocycles. The number of fused-ring (bicyclic) bond motifs is 1. The van der Waals surface area contributed by atoms with Crippen molar-refractivity contribution in [3.8, 4) is 0 Å². The Morgan fingerprint density at radius 1 is 1.38 bits per heavy atom. The summed E-state index contributed by atoms with van der Waals surface area (Å²) in [5.41, 5.74) is 2.46. The minimum Gasteiger partial charge on any atom is -0.369 e. The molecule has 2 aromatic heterocycles. The van der Waals surface area contributed by atoms with E-state index >= 15 is 0 Å². The first kappa shape index (κ1) is 15.5. The first-order valence-electron chi connectivity index (χ1n) is 6.89. The molecule has 0 radical (unpaired) electrons. The van der Waals surface area contributed by atoms with Crippen LogP contribution in [0, 0.1) is 6.92 Å². The Kier molecular flexibility index (Phi) is 5.29. The van der Waals surface area contributed by atoms with E-state index < -0.39 is 0 Å². The number of aromatic nitrogens is 2. The maximum absolute atomic E-state index is 11.6. The predicted molar refractivity (Wildman–Crippen MR) is 86.4 cm³/mol. The molecular weight excluding hydrogens is 288 g/mol. The van der Waals surface area contributed by atoms with Crippen LogP contribution in [-0.4, -0.2) is 29.0 Å². The SMILES string of the molecule is CCCNC(=O)CCNc1nc(NN)nc2sc(C)cc12. The standard InChI is InChI=1S/C13H20N6OS/c1-3-5-15-10(20)4-6-16-11-9-7-8(2)21-12(9)18-13(17-11)19-14/h7H,3-6,14H2,1-2H3,(H,15,20)(H2,16,17,18,19). The van der Waals surface area contributed by atoms with Gasteiger partial charge in [-0.15, -0.1) is 11.3 Å². The lowest BCUT2D eigenvalue weighted by atomic mass is 10.3. The van der Waals surface area contributed by atoms with Crippen LogP contribution in [0.4, 0.5) is 11.8 Å². The Labute approximate surface area is 127 Å². The van der Waals surface area contributed by atoms with Crippen LogP contribution in [-0.2, 0) is 4.79 Å². The molecule has 21 heavy (non-hydrogen) atoms. The number of thiophene rings is 1. The van der Waals surface area contributed by atoms with Crippen LogP contribution in [0.2, 0.25) is 0 Å². The Hall–Kier alpha value is -1.93. The van der Waals surface area contributed by atoms with Gasteiger partial charge in [0.15, 0.2) is 0 Å². The lowest BCUT2D eigenvalue weighted by Gasteiger charge is -2.08. The van der Waals surface area contributed by atoms with Crippen molar-refractivity contribution in [1.82, 2.24) is 15.3 Å². The number of hydrazine groups is 1. The van der Waals surface area contributed by atoms with Gasteiger partial charge in [-0.2, -0.15) is 4.98 Å². The number of nitrogens with one attached hydrogen (secondary N) is 3. The van der Waals surface area contributed by atoms with E-state index in [-0.39, 0.29) is 5.91 Å². The van der Waals surface area contributed by atoms with Crippen molar-refractivity contribution >= 4 is 39.2 Å². The van der Waals surface area contributed by atoms with Gasteiger partial charge in [0.05, 0.1) is 5.39 Å². The summed E-state index contributed by atoms with van der Waals surface area (Å²) in [7, 11) is 0. The second kappa shape index (κ2) is 7.19. The van der Waals surface area contributed by atoms with E-state index in [2.05, 4.69) is 26.0 Å². The molecule has 0 unspecified atom stereocenters. The topological polar surface area (TPSA) is 105 Å². The fourth-order valence-electron chi connectivity index (χ4n) is 1.89. The highest BCUT2D eigenvalue weighted by Gasteiger charge is 2.10. The smallest absolute Gasteiger partial charge is 0.240 e. The molecule has 114 valence electrons. The van der Waals surface area contributed by atoms with Gasteiger partial charge in [0.1, 0.15) is 10.6 Å². The first-order chi connectivity index (χ1) is 10.1. The van der Waals surface area contributed by atoms with Crippen LogP contribution in [0.15, 0.2) is 6.07 Å². The highest BCUT2D eigenvalue weighted by molar-refractivity contribution is 7.18. The third kappa shape index (κ3) is 4.02. The van der Waals surface area contributed by atoms with Crippen molar-refractivity contribution in [3.63, 3.8) is 0 Å². The van der Waals surface area contributed by atoms with Gasteiger partial charge in [0.25, 0.3) is 0 Å². The zero-order valence-electron chi connectivity index (χ0n) is 12.2. The van der Waals surface area contributed by atoms with E-state index in [1.807, 2.05) is 19.9 Å². The number of rotatable bonds is 7. The summed E-state index contributed by atoms with van der Waals surface area (Å²) in [6.45, 7) is 5.27. The molecule has 8 heteroatoms. The summed E-state index contributed by atoms with van der Waals surface area (Å²) in [6, 6.07) is 2.03. The molecule has 0 bridgehead atoms. The highest BCUT2D eigenvalue weighted by Crippen LogP contribution is 2.29. The van der Waals surface area contributed by atoms with Crippen molar-refractivity contribution in [1.29, 1.82) is 0 Å². The monoisotopic (exact) mass is 308 g/mol. The summed E-state index contributed by atoms with van der Waals surface area (Å²) in [5.74, 6) is 6.48. The highest BCUT2D eigenvalue weighted by atomic mass is 32.1. The summed E-state index contributed by atoms with van der Waals surface area (Å²) >= 11 is 1.58. The number of anilines is 2. The molecule has 0 saturated heterocycles. The minimum absolute atomic E-state index is 0.0355. The number of nitrogens with two attached hydrogens (primary N) is 1. The largest absolute Gasteiger partial charge is 0.369 e. The van der Waals surface area contributed by atoms with Crippen LogP contribution < -0.4 is 21.9 Å². The molecule has 0 spiro atoms. The molecule has 0 fully saturated rings. The van der Waals surface area contributed by atoms with Crippen LogP contribution in [0.1, 0.15) is 24.6 Å². The van der Waals surface area contributed by atoms with E-state index in [1.165, 1.54) is 0 Å². The summed E-state index contributed by atoms with van der Waals surface area (Å²) in [4.78, 5) is 22.2. The molecule has 0 atom stereocenters.